The molecule has 0 unspecified atom stereocenters. The van der Waals surface area contributed by atoms with Gasteiger partial charge in [0, 0.05) is 20.3 Å². The first-order valence-electron chi connectivity index (χ1n) is 3.45. The fourth-order valence-corrected chi connectivity index (χ4v) is 0.481. The van der Waals surface area contributed by atoms with Crippen molar-refractivity contribution in [2.24, 2.45) is 15.9 Å². The molecule has 0 aliphatic carbocycles. The molecule has 0 rings (SSSR count). The highest BCUT2D eigenvalue weighted by Crippen LogP contribution is 1.74. The maximum absolute atomic E-state index is 5.40. The summed E-state index contributed by atoms with van der Waals surface area (Å²) in [5.74, 6) is 5.93. The fraction of sp³-hybridized carbons (Fsp3) is 0.667. The molecule has 0 aliphatic heterocycles. The molecule has 0 saturated carbocycles. The number of hydrogen-bond acceptors (Lipinski definition) is 3. The van der Waals surface area contributed by atoms with Gasteiger partial charge in [-0.25, -0.2) is 11.3 Å². The van der Waals surface area contributed by atoms with Gasteiger partial charge in [0.15, 0.2) is 0 Å². The SMILES string of the molecule is CC/C=N\NC(=NC)N(C)N. The van der Waals surface area contributed by atoms with Crippen LogP contribution >= 0.6 is 0 Å². The monoisotopic (exact) mass is 157 g/mol. The molecule has 0 atom stereocenters. The number of nitrogens with two attached hydrogens (primary N) is 1. The third-order valence-corrected chi connectivity index (χ3v) is 0.984. The van der Waals surface area contributed by atoms with Gasteiger partial charge < -0.3 is 0 Å². The van der Waals surface area contributed by atoms with Gasteiger partial charge in [0.2, 0.25) is 5.96 Å². The van der Waals surface area contributed by atoms with Crippen LogP contribution in [0, 0.1) is 0 Å². The van der Waals surface area contributed by atoms with E-state index in [2.05, 4.69) is 15.5 Å². The third-order valence-electron chi connectivity index (χ3n) is 0.984. The number of hydrazone groups is 1. The molecule has 0 fully saturated rings. The van der Waals surface area contributed by atoms with Crippen LogP contribution < -0.4 is 11.3 Å². The molecular weight excluding hydrogens is 142 g/mol. The van der Waals surface area contributed by atoms with Gasteiger partial charge in [0.1, 0.15) is 0 Å². The summed E-state index contributed by atoms with van der Waals surface area (Å²) in [5, 5.41) is 5.22. The first-order chi connectivity index (χ1) is 5.22. The second-order valence-electron chi connectivity index (χ2n) is 1.99. The van der Waals surface area contributed by atoms with E-state index in [1.54, 1.807) is 20.3 Å². The standard InChI is InChI=1S/C6H15N5/c1-4-5-9-10-6(8-2)11(3)7/h5H,4,7H2,1-3H3,(H,8,10)/b9-5-. The number of hydrazine groups is 1. The van der Waals surface area contributed by atoms with Crippen molar-refractivity contribution in [2.75, 3.05) is 14.1 Å². The highest BCUT2D eigenvalue weighted by atomic mass is 15.5. The van der Waals surface area contributed by atoms with Crippen LogP contribution in [0.1, 0.15) is 13.3 Å². The Morgan fingerprint density at radius 1 is 1.73 bits per heavy atom. The molecular formula is C6H15N5. The van der Waals surface area contributed by atoms with Crippen molar-refractivity contribution >= 4 is 12.2 Å². The predicted octanol–water partition coefficient (Wildman–Crippen LogP) is -0.237. The van der Waals surface area contributed by atoms with Crippen LogP contribution in [-0.2, 0) is 0 Å². The Hall–Kier alpha value is -1.10. The molecule has 0 aromatic carbocycles. The molecule has 5 nitrogen and oxygen atoms in total. The summed E-state index contributed by atoms with van der Waals surface area (Å²) in [4.78, 5) is 3.85. The average Bonchev–Trinajstić information content (AvgIpc) is 1.97. The number of guanidine groups is 1. The van der Waals surface area contributed by atoms with Crippen molar-refractivity contribution in [3.05, 3.63) is 0 Å². The Bertz CT molecular complexity index is 149. The summed E-state index contributed by atoms with van der Waals surface area (Å²) in [6.07, 6.45) is 2.63. The molecule has 0 aliphatic rings. The predicted molar refractivity (Wildman–Crippen MR) is 47.2 cm³/mol. The van der Waals surface area contributed by atoms with Crippen LogP contribution in [0.2, 0.25) is 0 Å². The van der Waals surface area contributed by atoms with E-state index in [0.29, 0.717) is 5.96 Å². The molecule has 5 heteroatoms. The van der Waals surface area contributed by atoms with E-state index in [1.807, 2.05) is 6.92 Å². The highest BCUT2D eigenvalue weighted by molar-refractivity contribution is 5.79. The fourth-order valence-electron chi connectivity index (χ4n) is 0.481. The van der Waals surface area contributed by atoms with Crippen LogP contribution in [0.5, 0.6) is 0 Å². The molecule has 0 saturated heterocycles. The van der Waals surface area contributed by atoms with Gasteiger partial charge in [-0.2, -0.15) is 5.10 Å². The van der Waals surface area contributed by atoms with E-state index < -0.39 is 0 Å². The molecule has 0 radical (unpaired) electrons. The Labute approximate surface area is 66.9 Å². The molecule has 64 valence electrons. The molecule has 3 N–H and O–H groups in total. The van der Waals surface area contributed by atoms with Crippen LogP contribution in [0.4, 0.5) is 0 Å². The lowest BCUT2D eigenvalue weighted by Crippen LogP contribution is -2.40. The quantitative estimate of drug-likeness (QED) is 0.252. The van der Waals surface area contributed by atoms with E-state index in [1.165, 1.54) is 5.01 Å². The summed E-state index contributed by atoms with van der Waals surface area (Å²) in [5.41, 5.74) is 2.69. The van der Waals surface area contributed by atoms with Crippen molar-refractivity contribution in [3.63, 3.8) is 0 Å². The Balaban J connectivity index is 3.81. The van der Waals surface area contributed by atoms with Gasteiger partial charge in [-0.1, -0.05) is 6.92 Å². The summed E-state index contributed by atoms with van der Waals surface area (Å²) in [7, 11) is 3.34. The lowest BCUT2D eigenvalue weighted by molar-refractivity contribution is 0.513. The van der Waals surface area contributed by atoms with Crippen LogP contribution in [0.25, 0.3) is 0 Å². The number of rotatable bonds is 2. The third kappa shape index (κ3) is 4.32. The molecule has 0 spiro atoms. The largest absolute Gasteiger partial charge is 0.283 e. The van der Waals surface area contributed by atoms with Crippen LogP contribution in [0.15, 0.2) is 10.1 Å². The first-order valence-corrected chi connectivity index (χ1v) is 3.45. The summed E-state index contributed by atoms with van der Waals surface area (Å²) in [6, 6.07) is 0. The molecule has 0 heterocycles. The van der Waals surface area contributed by atoms with Gasteiger partial charge in [-0.15, -0.1) is 0 Å². The van der Waals surface area contributed by atoms with Crippen LogP contribution in [-0.4, -0.2) is 31.3 Å². The van der Waals surface area contributed by atoms with Crippen LogP contribution in [0.3, 0.4) is 0 Å². The first kappa shape index (κ1) is 9.90. The van der Waals surface area contributed by atoms with Gasteiger partial charge in [-0.3, -0.25) is 10.0 Å². The van der Waals surface area contributed by atoms with Gasteiger partial charge in [0.05, 0.1) is 0 Å². The number of nitrogens with zero attached hydrogens (tertiary/aromatic N) is 3. The highest BCUT2D eigenvalue weighted by Gasteiger charge is 1.95. The molecule has 11 heavy (non-hydrogen) atoms. The zero-order valence-electron chi connectivity index (χ0n) is 7.20. The maximum atomic E-state index is 5.40. The van der Waals surface area contributed by atoms with Gasteiger partial charge in [-0.05, 0) is 6.42 Å². The lowest BCUT2D eigenvalue weighted by atomic mass is 10.6. The minimum Gasteiger partial charge on any atom is -0.283 e. The molecule has 0 bridgehead atoms. The van der Waals surface area contributed by atoms with Crippen molar-refractivity contribution in [1.29, 1.82) is 0 Å². The normalized spacial score (nSPS) is 12.2. The van der Waals surface area contributed by atoms with Gasteiger partial charge >= 0.3 is 0 Å². The summed E-state index contributed by atoms with van der Waals surface area (Å²) in [6.45, 7) is 2.00. The number of aliphatic imine (C=N–C) groups is 1. The summed E-state index contributed by atoms with van der Waals surface area (Å²) < 4.78 is 0. The van der Waals surface area contributed by atoms with Crippen molar-refractivity contribution in [2.45, 2.75) is 13.3 Å². The lowest BCUT2D eigenvalue weighted by Gasteiger charge is -2.12. The Morgan fingerprint density at radius 2 is 2.36 bits per heavy atom. The van der Waals surface area contributed by atoms with E-state index in [-0.39, 0.29) is 0 Å². The minimum absolute atomic E-state index is 0.537. The smallest absolute Gasteiger partial charge is 0.228 e. The van der Waals surface area contributed by atoms with Crippen molar-refractivity contribution in [3.8, 4) is 0 Å². The Kier molecular flexibility index (Phi) is 5.10. The van der Waals surface area contributed by atoms with E-state index in [9.17, 15) is 0 Å². The second-order valence-corrected chi connectivity index (χ2v) is 1.99. The number of hydrogen-bond donors (Lipinski definition) is 2. The van der Waals surface area contributed by atoms with Crippen molar-refractivity contribution in [1.82, 2.24) is 10.4 Å². The van der Waals surface area contributed by atoms with Gasteiger partial charge in [0.25, 0.3) is 0 Å². The zero-order valence-corrected chi connectivity index (χ0v) is 7.20. The molecule has 0 amide bonds. The molecule has 0 aromatic rings. The average molecular weight is 157 g/mol. The second kappa shape index (κ2) is 5.67. The minimum atomic E-state index is 0.537. The van der Waals surface area contributed by atoms with Crippen molar-refractivity contribution < 1.29 is 0 Å². The number of nitrogens with one attached hydrogen (secondary N) is 1. The summed E-state index contributed by atoms with van der Waals surface area (Å²) >= 11 is 0. The van der Waals surface area contributed by atoms with E-state index in [0.717, 1.165) is 6.42 Å². The Morgan fingerprint density at radius 3 is 2.73 bits per heavy atom. The zero-order chi connectivity index (χ0) is 8.69. The maximum Gasteiger partial charge on any atom is 0.228 e. The molecule has 0 aromatic heterocycles. The topological polar surface area (TPSA) is 66.0 Å². The van der Waals surface area contributed by atoms with E-state index in [4.69, 9.17) is 5.84 Å². The van der Waals surface area contributed by atoms with E-state index >= 15 is 0 Å².